The normalized spacial score (nSPS) is 29.8. The highest BCUT2D eigenvalue weighted by molar-refractivity contribution is 5.90. The molecule has 7 N–H and O–H groups in total. The Bertz CT molecular complexity index is 1070. The minimum absolute atomic E-state index is 0.0813. The number of esters is 2. The second-order valence-electron chi connectivity index (χ2n) is 8.80. The van der Waals surface area contributed by atoms with Gasteiger partial charge in [0.25, 0.3) is 0 Å². The number of methoxy groups -OCH3 is 1. The lowest BCUT2D eigenvalue weighted by Crippen LogP contribution is -2.60. The zero-order valence-corrected chi connectivity index (χ0v) is 21.0. The fourth-order valence-corrected chi connectivity index (χ4v) is 4.16. The second-order valence-corrected chi connectivity index (χ2v) is 8.80. The average molecular weight is 557 g/mol. The van der Waals surface area contributed by atoms with Crippen LogP contribution in [0.15, 0.2) is 41.7 Å². The maximum Gasteiger partial charge on any atom is 0.337 e. The maximum atomic E-state index is 12.7. The molecule has 2 aliphatic rings. The molecule has 216 valence electrons. The third kappa shape index (κ3) is 7.24. The monoisotopic (exact) mass is 556 g/mol. The molecule has 1 aromatic rings. The molecular weight excluding hydrogens is 524 g/mol. The van der Waals surface area contributed by atoms with Gasteiger partial charge in [-0.25, -0.2) is 4.79 Å². The van der Waals surface area contributed by atoms with E-state index in [-0.39, 0.29) is 35.7 Å². The third-order valence-corrected chi connectivity index (χ3v) is 6.29. The van der Waals surface area contributed by atoms with Crippen LogP contribution in [-0.2, 0) is 39.7 Å². The molecule has 0 aliphatic carbocycles. The van der Waals surface area contributed by atoms with Crippen molar-refractivity contribution >= 4 is 11.9 Å². The van der Waals surface area contributed by atoms with Crippen molar-refractivity contribution in [2.45, 2.75) is 49.8 Å². The van der Waals surface area contributed by atoms with Crippen LogP contribution in [0.2, 0.25) is 0 Å². The van der Waals surface area contributed by atoms with Crippen LogP contribution in [0.3, 0.4) is 0 Å². The van der Waals surface area contributed by atoms with E-state index in [4.69, 9.17) is 23.7 Å². The number of aromatic hydroxyl groups is 2. The quantitative estimate of drug-likeness (QED) is 0.0974. The Kier molecular flexibility index (Phi) is 10.7. The molecule has 1 aromatic carbocycles. The minimum atomic E-state index is -1.75. The lowest BCUT2D eigenvalue weighted by molar-refractivity contribution is -0.327. The van der Waals surface area contributed by atoms with E-state index in [2.05, 4.69) is 0 Å². The van der Waals surface area contributed by atoms with Crippen molar-refractivity contribution in [1.29, 1.82) is 0 Å². The largest absolute Gasteiger partial charge is 0.504 e. The summed E-state index contributed by atoms with van der Waals surface area (Å²) in [5, 5.41) is 68.4. The molecule has 0 saturated carbocycles. The van der Waals surface area contributed by atoms with Gasteiger partial charge in [-0.05, 0) is 17.7 Å². The van der Waals surface area contributed by atoms with E-state index in [9.17, 15) is 45.3 Å². The van der Waals surface area contributed by atoms with Gasteiger partial charge >= 0.3 is 11.9 Å². The first-order valence-electron chi connectivity index (χ1n) is 12.0. The molecule has 0 unspecified atom stereocenters. The van der Waals surface area contributed by atoms with Gasteiger partial charge in [0.1, 0.15) is 24.4 Å². The van der Waals surface area contributed by atoms with Gasteiger partial charge < -0.3 is 59.4 Å². The Morgan fingerprint density at radius 3 is 2.44 bits per heavy atom. The van der Waals surface area contributed by atoms with Crippen molar-refractivity contribution in [3.05, 3.63) is 47.2 Å². The standard InChI is InChI=1S/C25H32O14/c1-35-23(34)15-11-37-24(39-25-22(33)21(32)20(31)18(10-27)38-25)13(4-6-26)14(15)9-19(30)36-7-5-12-2-3-16(28)17(29)8-12/h2-4,8,11,14,18,20-22,24-29,31-33H,5-7,9-10H2,1H3/t14-,18+,20-,21+,22-,24-,25+/m0/s1. The summed E-state index contributed by atoms with van der Waals surface area (Å²) in [6, 6.07) is 4.16. The fourth-order valence-electron chi connectivity index (χ4n) is 4.16. The predicted molar refractivity (Wildman–Crippen MR) is 128 cm³/mol. The number of benzene rings is 1. The molecule has 3 rings (SSSR count). The average Bonchev–Trinajstić information content (AvgIpc) is 2.92. The molecule has 7 atom stereocenters. The molecule has 14 heteroatoms. The van der Waals surface area contributed by atoms with Crippen molar-refractivity contribution in [3.8, 4) is 11.5 Å². The highest BCUT2D eigenvalue weighted by atomic mass is 16.8. The van der Waals surface area contributed by atoms with Crippen molar-refractivity contribution in [2.75, 3.05) is 26.9 Å². The summed E-state index contributed by atoms with van der Waals surface area (Å²) in [4.78, 5) is 25.1. The lowest BCUT2D eigenvalue weighted by atomic mass is 9.86. The van der Waals surface area contributed by atoms with Gasteiger partial charge in [-0.15, -0.1) is 0 Å². The molecule has 2 aliphatic heterocycles. The number of hydrogen-bond donors (Lipinski definition) is 7. The van der Waals surface area contributed by atoms with Crippen molar-refractivity contribution in [3.63, 3.8) is 0 Å². The number of phenolic OH excluding ortho intramolecular Hbond substituents is 2. The van der Waals surface area contributed by atoms with E-state index in [0.29, 0.717) is 5.56 Å². The summed E-state index contributed by atoms with van der Waals surface area (Å²) in [5.41, 5.74) is 0.581. The maximum absolute atomic E-state index is 12.7. The Labute approximate surface area is 222 Å². The number of aliphatic hydroxyl groups is 5. The van der Waals surface area contributed by atoms with Crippen molar-refractivity contribution < 1.29 is 69.0 Å². The highest BCUT2D eigenvalue weighted by Gasteiger charge is 2.47. The highest BCUT2D eigenvalue weighted by Crippen LogP contribution is 2.36. The van der Waals surface area contributed by atoms with Gasteiger partial charge in [0.05, 0.1) is 45.2 Å². The fraction of sp³-hybridized carbons (Fsp3) is 0.520. The molecule has 0 spiro atoms. The molecule has 0 bridgehead atoms. The second kappa shape index (κ2) is 13.7. The third-order valence-electron chi connectivity index (χ3n) is 6.29. The summed E-state index contributed by atoms with van der Waals surface area (Å²) in [6.07, 6.45) is -7.37. The van der Waals surface area contributed by atoms with Crippen LogP contribution in [0.1, 0.15) is 12.0 Å². The van der Waals surface area contributed by atoms with E-state index in [0.717, 1.165) is 13.4 Å². The zero-order valence-electron chi connectivity index (χ0n) is 21.0. The molecule has 0 radical (unpaired) electrons. The smallest absolute Gasteiger partial charge is 0.337 e. The number of phenols is 2. The summed E-state index contributed by atoms with van der Waals surface area (Å²) in [6.45, 7) is -1.34. The number of ether oxygens (including phenoxy) is 5. The zero-order chi connectivity index (χ0) is 28.7. The minimum Gasteiger partial charge on any atom is -0.504 e. The van der Waals surface area contributed by atoms with Crippen molar-refractivity contribution in [2.24, 2.45) is 5.92 Å². The summed E-state index contributed by atoms with van der Waals surface area (Å²) in [7, 11) is 1.12. The van der Waals surface area contributed by atoms with Crippen LogP contribution in [0, 0.1) is 5.92 Å². The number of carbonyl (C=O) groups excluding carboxylic acids is 2. The Morgan fingerprint density at radius 2 is 1.79 bits per heavy atom. The van der Waals surface area contributed by atoms with E-state index in [1.54, 1.807) is 6.07 Å². The van der Waals surface area contributed by atoms with Crippen LogP contribution < -0.4 is 0 Å². The first kappa shape index (κ1) is 30.3. The molecule has 1 saturated heterocycles. The molecule has 0 aromatic heterocycles. The topological polar surface area (TPSA) is 222 Å². The molecular formula is C25H32O14. The predicted octanol–water partition coefficient (Wildman–Crippen LogP) is -1.66. The molecule has 14 nitrogen and oxygen atoms in total. The number of hydrogen-bond acceptors (Lipinski definition) is 14. The molecule has 2 heterocycles. The summed E-state index contributed by atoms with van der Waals surface area (Å²) < 4.78 is 26.5. The van der Waals surface area contributed by atoms with E-state index in [1.807, 2.05) is 0 Å². The molecule has 0 amide bonds. The Balaban J connectivity index is 1.75. The van der Waals surface area contributed by atoms with Crippen molar-refractivity contribution in [1.82, 2.24) is 0 Å². The van der Waals surface area contributed by atoms with E-state index < -0.39 is 74.5 Å². The molecule has 39 heavy (non-hydrogen) atoms. The first-order chi connectivity index (χ1) is 18.6. The van der Waals surface area contributed by atoms with Gasteiger partial charge in [-0.1, -0.05) is 12.1 Å². The van der Waals surface area contributed by atoms with Gasteiger partial charge in [-0.3, -0.25) is 4.79 Å². The SMILES string of the molecule is COC(=O)C1=CO[C@@H](O[C@H]2O[C@H](CO)[C@H](O)[C@@H](O)[C@@H]2O)C(=CCO)[C@@H]1CC(=O)OCCc1ccc(O)c(O)c1. The Morgan fingerprint density at radius 1 is 1.05 bits per heavy atom. The van der Waals surface area contributed by atoms with Gasteiger partial charge in [0, 0.05) is 17.9 Å². The van der Waals surface area contributed by atoms with Crippen LogP contribution in [0.4, 0.5) is 0 Å². The van der Waals surface area contributed by atoms with Gasteiger partial charge in [-0.2, -0.15) is 0 Å². The van der Waals surface area contributed by atoms with E-state index >= 15 is 0 Å². The van der Waals surface area contributed by atoms with Crippen LogP contribution in [-0.4, -0.2) is 112 Å². The summed E-state index contributed by atoms with van der Waals surface area (Å²) in [5.74, 6) is -3.24. The number of carbonyl (C=O) groups is 2. The molecule has 1 fully saturated rings. The first-order valence-corrected chi connectivity index (χ1v) is 12.0. The number of rotatable bonds is 10. The van der Waals surface area contributed by atoms with Crippen LogP contribution in [0.25, 0.3) is 0 Å². The van der Waals surface area contributed by atoms with Gasteiger partial charge in [0.2, 0.25) is 6.29 Å². The number of aliphatic hydroxyl groups excluding tert-OH is 5. The Hall–Kier alpha value is -3.24. The van der Waals surface area contributed by atoms with Crippen LogP contribution >= 0.6 is 0 Å². The van der Waals surface area contributed by atoms with E-state index in [1.165, 1.54) is 18.2 Å². The van der Waals surface area contributed by atoms with Crippen LogP contribution in [0.5, 0.6) is 11.5 Å². The lowest BCUT2D eigenvalue weighted by Gasteiger charge is -2.41. The summed E-state index contributed by atoms with van der Waals surface area (Å²) >= 11 is 0. The van der Waals surface area contributed by atoms with Gasteiger partial charge in [0.15, 0.2) is 17.8 Å².